The van der Waals surface area contributed by atoms with Gasteiger partial charge < -0.3 is 4.90 Å². The number of thioether (sulfide) groups is 1. The highest BCUT2D eigenvalue weighted by molar-refractivity contribution is 8.00. The number of hydrogen-bond donors (Lipinski definition) is 0. The number of fused-ring (bicyclic) bond motifs is 1. The van der Waals surface area contributed by atoms with Gasteiger partial charge in [-0.05, 0) is 29.9 Å². The first kappa shape index (κ1) is 19.0. The molecule has 1 fully saturated rings. The van der Waals surface area contributed by atoms with Gasteiger partial charge >= 0.3 is 0 Å². The fourth-order valence-corrected chi connectivity index (χ4v) is 5.37. The van der Waals surface area contributed by atoms with Crippen LogP contribution in [-0.4, -0.2) is 33.4 Å². The maximum atomic E-state index is 13.3. The van der Waals surface area contributed by atoms with Crippen LogP contribution >= 0.6 is 23.1 Å². The number of carbonyl (C=O) groups excluding carboxylic acids is 1. The first-order valence-electron chi connectivity index (χ1n) is 9.28. The maximum Gasteiger partial charge on any atom is 0.272 e. The van der Waals surface area contributed by atoms with Crippen molar-refractivity contribution in [3.05, 3.63) is 70.4 Å². The van der Waals surface area contributed by atoms with Gasteiger partial charge in [0.1, 0.15) is 9.95 Å². The first-order valence-corrected chi connectivity index (χ1v) is 11.0. The zero-order valence-electron chi connectivity index (χ0n) is 15.4. The van der Waals surface area contributed by atoms with E-state index in [1.54, 1.807) is 10.6 Å². The van der Waals surface area contributed by atoms with Crippen molar-refractivity contribution >= 4 is 39.2 Å². The number of carbonyl (C=O) groups is 1. The van der Waals surface area contributed by atoms with Gasteiger partial charge in [-0.3, -0.25) is 14.2 Å². The van der Waals surface area contributed by atoms with Crippen LogP contribution in [0, 0.1) is 0 Å². The summed E-state index contributed by atoms with van der Waals surface area (Å²) in [6, 6.07) is 11.6. The van der Waals surface area contributed by atoms with Gasteiger partial charge in [0, 0.05) is 19.6 Å². The average Bonchev–Trinajstić information content (AvgIpc) is 3.41. The summed E-state index contributed by atoms with van der Waals surface area (Å²) in [7, 11) is 0. The predicted molar refractivity (Wildman–Crippen MR) is 115 cm³/mol. The van der Waals surface area contributed by atoms with Crippen LogP contribution in [0.3, 0.4) is 0 Å². The third-order valence-electron chi connectivity index (χ3n) is 4.81. The molecule has 1 saturated heterocycles. The molecule has 0 N–H and O–H groups in total. The lowest BCUT2D eigenvalue weighted by Gasteiger charge is -2.23. The summed E-state index contributed by atoms with van der Waals surface area (Å²) in [5.41, 5.74) is 1.52. The Labute approximate surface area is 171 Å². The number of aromatic nitrogens is 2. The van der Waals surface area contributed by atoms with Crippen molar-refractivity contribution < 1.29 is 4.79 Å². The van der Waals surface area contributed by atoms with Gasteiger partial charge in [0.2, 0.25) is 5.91 Å². The predicted octanol–water partition coefficient (Wildman–Crippen LogP) is 4.10. The number of benzene rings is 1. The summed E-state index contributed by atoms with van der Waals surface area (Å²) in [4.78, 5) is 32.8. The Bertz CT molecular complexity index is 1050. The SMILES string of the molecule is C=CCn1c(SC(C(=O)N2CCCC2)c2ccccc2)nc2ccsc2c1=O. The molecule has 144 valence electrons. The van der Waals surface area contributed by atoms with E-state index in [9.17, 15) is 9.59 Å². The summed E-state index contributed by atoms with van der Waals surface area (Å²) in [5, 5.41) is 1.99. The lowest BCUT2D eigenvalue weighted by Crippen LogP contribution is -2.32. The Morgan fingerprint density at radius 3 is 2.71 bits per heavy atom. The highest BCUT2D eigenvalue weighted by atomic mass is 32.2. The molecule has 0 radical (unpaired) electrons. The molecular weight excluding hydrogens is 390 g/mol. The number of allylic oxidation sites excluding steroid dienone is 1. The van der Waals surface area contributed by atoms with E-state index in [-0.39, 0.29) is 11.5 Å². The van der Waals surface area contributed by atoms with Crippen LogP contribution in [0.4, 0.5) is 0 Å². The Hall–Kier alpha value is -2.38. The number of thiophene rings is 1. The van der Waals surface area contributed by atoms with Crippen LogP contribution in [0.25, 0.3) is 10.2 Å². The molecule has 3 heterocycles. The molecule has 4 rings (SSSR count). The van der Waals surface area contributed by atoms with Crippen LogP contribution in [0.2, 0.25) is 0 Å². The largest absolute Gasteiger partial charge is 0.341 e. The lowest BCUT2D eigenvalue weighted by molar-refractivity contribution is -0.129. The van der Waals surface area contributed by atoms with E-state index >= 15 is 0 Å². The summed E-state index contributed by atoms with van der Waals surface area (Å²) in [6.07, 6.45) is 3.77. The molecule has 5 nitrogen and oxygen atoms in total. The molecule has 1 amide bonds. The number of hydrogen-bond acceptors (Lipinski definition) is 5. The normalized spacial score (nSPS) is 15.1. The van der Waals surface area contributed by atoms with E-state index in [1.165, 1.54) is 23.1 Å². The molecule has 0 saturated carbocycles. The smallest absolute Gasteiger partial charge is 0.272 e. The quantitative estimate of drug-likeness (QED) is 0.348. The van der Waals surface area contributed by atoms with Crippen LogP contribution < -0.4 is 5.56 Å². The van der Waals surface area contributed by atoms with Gasteiger partial charge in [-0.1, -0.05) is 48.2 Å². The Kier molecular flexibility index (Phi) is 5.64. The highest BCUT2D eigenvalue weighted by Crippen LogP contribution is 2.37. The summed E-state index contributed by atoms with van der Waals surface area (Å²) < 4.78 is 2.25. The van der Waals surface area contributed by atoms with Crippen molar-refractivity contribution in [3.63, 3.8) is 0 Å². The summed E-state index contributed by atoms with van der Waals surface area (Å²) in [5.74, 6) is 0.0820. The van der Waals surface area contributed by atoms with Crippen LogP contribution in [0.5, 0.6) is 0 Å². The minimum absolute atomic E-state index is 0.0807. The van der Waals surface area contributed by atoms with Gasteiger partial charge in [0.05, 0.1) is 5.52 Å². The van der Waals surface area contributed by atoms with Gasteiger partial charge in [0.15, 0.2) is 5.16 Å². The molecule has 0 spiro atoms. The zero-order valence-corrected chi connectivity index (χ0v) is 17.0. The molecule has 2 aromatic heterocycles. The molecule has 7 heteroatoms. The fraction of sp³-hybridized carbons (Fsp3) is 0.286. The van der Waals surface area contributed by atoms with E-state index in [0.717, 1.165) is 31.5 Å². The lowest BCUT2D eigenvalue weighted by atomic mass is 10.1. The Balaban J connectivity index is 1.78. The van der Waals surface area contributed by atoms with Crippen molar-refractivity contribution in [2.24, 2.45) is 0 Å². The molecule has 1 aliphatic heterocycles. The molecule has 1 atom stereocenters. The third-order valence-corrected chi connectivity index (χ3v) is 6.93. The highest BCUT2D eigenvalue weighted by Gasteiger charge is 2.30. The first-order chi connectivity index (χ1) is 13.7. The van der Waals surface area contributed by atoms with Crippen LogP contribution in [0.15, 0.2) is 64.4 Å². The number of rotatable bonds is 6. The molecule has 0 aliphatic carbocycles. The summed E-state index contributed by atoms with van der Waals surface area (Å²) >= 11 is 2.74. The van der Waals surface area contributed by atoms with Gasteiger partial charge in [-0.25, -0.2) is 4.98 Å². The van der Waals surface area contributed by atoms with Crippen LogP contribution in [-0.2, 0) is 11.3 Å². The van der Waals surface area contributed by atoms with Crippen molar-refractivity contribution in [2.75, 3.05) is 13.1 Å². The van der Waals surface area contributed by atoms with Crippen molar-refractivity contribution in [1.82, 2.24) is 14.5 Å². The van der Waals surface area contributed by atoms with Gasteiger partial charge in [0.25, 0.3) is 5.56 Å². The number of amides is 1. The number of nitrogens with zero attached hydrogens (tertiary/aromatic N) is 3. The third kappa shape index (κ3) is 3.64. The van der Waals surface area contributed by atoms with Crippen LogP contribution in [0.1, 0.15) is 23.7 Å². The van der Waals surface area contributed by atoms with E-state index in [1.807, 2.05) is 46.7 Å². The molecule has 1 aromatic carbocycles. The van der Waals surface area contributed by atoms with Crippen molar-refractivity contribution in [1.29, 1.82) is 0 Å². The van der Waals surface area contributed by atoms with Gasteiger partial charge in [-0.2, -0.15) is 0 Å². The van der Waals surface area contributed by atoms with E-state index in [2.05, 4.69) is 6.58 Å². The zero-order chi connectivity index (χ0) is 19.5. The average molecular weight is 412 g/mol. The molecule has 28 heavy (non-hydrogen) atoms. The minimum atomic E-state index is -0.432. The monoisotopic (exact) mass is 411 g/mol. The second-order valence-electron chi connectivity index (χ2n) is 6.67. The van der Waals surface area contributed by atoms with E-state index in [0.29, 0.717) is 21.9 Å². The van der Waals surface area contributed by atoms with E-state index < -0.39 is 5.25 Å². The molecule has 1 aliphatic rings. The summed E-state index contributed by atoms with van der Waals surface area (Å²) in [6.45, 7) is 5.72. The Morgan fingerprint density at radius 1 is 1.25 bits per heavy atom. The van der Waals surface area contributed by atoms with Gasteiger partial charge in [-0.15, -0.1) is 17.9 Å². The minimum Gasteiger partial charge on any atom is -0.341 e. The molecule has 3 aromatic rings. The molecular formula is C21H21N3O2S2. The molecule has 1 unspecified atom stereocenters. The maximum absolute atomic E-state index is 13.3. The topological polar surface area (TPSA) is 55.2 Å². The second kappa shape index (κ2) is 8.32. The Morgan fingerprint density at radius 2 is 2.00 bits per heavy atom. The molecule has 0 bridgehead atoms. The fourth-order valence-electron chi connectivity index (χ4n) is 3.40. The van der Waals surface area contributed by atoms with E-state index in [4.69, 9.17) is 4.98 Å². The van der Waals surface area contributed by atoms with Crippen molar-refractivity contribution in [3.8, 4) is 0 Å². The number of likely N-dealkylation sites (tertiary alicyclic amines) is 1. The van der Waals surface area contributed by atoms with Crippen molar-refractivity contribution in [2.45, 2.75) is 29.8 Å². The standard InChI is InChI=1S/C21H21N3O2S2/c1-2-11-24-20(26)18-16(10-14-27-18)22-21(24)28-17(15-8-4-3-5-9-15)19(25)23-12-6-7-13-23/h2-5,8-10,14,17H,1,6-7,11-13H2. The second-order valence-corrected chi connectivity index (χ2v) is 8.66.